The van der Waals surface area contributed by atoms with Crippen molar-refractivity contribution in [3.05, 3.63) is 51.5 Å². The molecule has 0 radical (unpaired) electrons. The summed E-state index contributed by atoms with van der Waals surface area (Å²) in [6.45, 7) is 4.51. The Labute approximate surface area is 112 Å². The van der Waals surface area contributed by atoms with Gasteiger partial charge in [0.05, 0.1) is 10.7 Å². The van der Waals surface area contributed by atoms with Crippen molar-refractivity contribution in [2.24, 2.45) is 5.73 Å². The lowest BCUT2D eigenvalue weighted by molar-refractivity contribution is 0.681. The van der Waals surface area contributed by atoms with Crippen LogP contribution in [0.3, 0.4) is 0 Å². The quantitative estimate of drug-likeness (QED) is 0.784. The van der Waals surface area contributed by atoms with Crippen molar-refractivity contribution in [1.29, 1.82) is 0 Å². The predicted octanol–water partition coefficient (Wildman–Crippen LogP) is 2.24. The Morgan fingerprint density at radius 2 is 1.94 bits per heavy atom. The number of aromatic nitrogens is 1. The third-order valence-electron chi connectivity index (χ3n) is 2.81. The summed E-state index contributed by atoms with van der Waals surface area (Å²) in [5.41, 5.74) is 9.22. The number of aryl methyl sites for hydroxylation is 1. The van der Waals surface area contributed by atoms with Gasteiger partial charge in [0.15, 0.2) is 0 Å². The summed E-state index contributed by atoms with van der Waals surface area (Å²) in [7, 11) is 0. The first-order valence-corrected chi connectivity index (χ1v) is 7.05. The van der Waals surface area contributed by atoms with Gasteiger partial charge in [-0.15, -0.1) is 11.3 Å². The maximum atomic E-state index is 5.57. The highest BCUT2D eigenvalue weighted by Gasteiger charge is 1.98. The van der Waals surface area contributed by atoms with Gasteiger partial charge in [0, 0.05) is 31.4 Å². The summed E-state index contributed by atoms with van der Waals surface area (Å²) in [6.07, 6.45) is 0.991. The van der Waals surface area contributed by atoms with Crippen LogP contribution in [0.15, 0.2) is 29.6 Å². The second-order valence-electron chi connectivity index (χ2n) is 4.31. The van der Waals surface area contributed by atoms with Gasteiger partial charge < -0.3 is 11.1 Å². The minimum Gasteiger partial charge on any atom is -0.326 e. The number of benzene rings is 1. The third-order valence-corrected chi connectivity index (χ3v) is 3.63. The lowest BCUT2D eigenvalue weighted by Gasteiger charge is -2.04. The molecule has 0 spiro atoms. The molecule has 0 aliphatic carbocycles. The van der Waals surface area contributed by atoms with Crippen molar-refractivity contribution in [2.75, 3.05) is 6.54 Å². The number of nitrogens with zero attached hydrogens (tertiary/aromatic N) is 1. The van der Waals surface area contributed by atoms with Crippen LogP contribution in [0, 0.1) is 6.92 Å². The van der Waals surface area contributed by atoms with Gasteiger partial charge in [-0.2, -0.15) is 0 Å². The average Bonchev–Trinajstić information content (AvgIpc) is 2.81. The summed E-state index contributed by atoms with van der Waals surface area (Å²) >= 11 is 1.71. The molecule has 3 nitrogen and oxygen atoms in total. The highest BCUT2D eigenvalue weighted by Crippen LogP contribution is 2.08. The van der Waals surface area contributed by atoms with E-state index >= 15 is 0 Å². The van der Waals surface area contributed by atoms with Crippen LogP contribution in [-0.2, 0) is 19.5 Å². The van der Waals surface area contributed by atoms with Crippen molar-refractivity contribution >= 4 is 11.3 Å². The topological polar surface area (TPSA) is 50.9 Å². The van der Waals surface area contributed by atoms with Gasteiger partial charge in [0.25, 0.3) is 0 Å². The van der Waals surface area contributed by atoms with Gasteiger partial charge in [0.1, 0.15) is 0 Å². The first-order chi connectivity index (χ1) is 8.78. The van der Waals surface area contributed by atoms with Gasteiger partial charge in [-0.1, -0.05) is 24.3 Å². The zero-order valence-electron chi connectivity index (χ0n) is 10.6. The van der Waals surface area contributed by atoms with Gasteiger partial charge >= 0.3 is 0 Å². The van der Waals surface area contributed by atoms with Gasteiger partial charge in [-0.05, 0) is 18.1 Å². The van der Waals surface area contributed by atoms with E-state index in [9.17, 15) is 0 Å². The van der Waals surface area contributed by atoms with Crippen LogP contribution in [0.4, 0.5) is 0 Å². The molecule has 2 rings (SSSR count). The van der Waals surface area contributed by atoms with Gasteiger partial charge in [0.2, 0.25) is 0 Å². The molecule has 0 unspecified atom stereocenters. The molecule has 2 aromatic rings. The third kappa shape index (κ3) is 3.91. The van der Waals surface area contributed by atoms with E-state index in [1.54, 1.807) is 11.3 Å². The van der Waals surface area contributed by atoms with E-state index in [2.05, 4.69) is 39.9 Å². The SMILES string of the molecule is Cc1nc(CCNCc2ccc(CN)cc2)cs1. The Morgan fingerprint density at radius 1 is 1.22 bits per heavy atom. The minimum atomic E-state index is 0.608. The van der Waals surface area contributed by atoms with Crippen molar-refractivity contribution in [1.82, 2.24) is 10.3 Å². The number of hydrogen-bond acceptors (Lipinski definition) is 4. The van der Waals surface area contributed by atoms with Crippen molar-refractivity contribution in [3.8, 4) is 0 Å². The molecule has 18 heavy (non-hydrogen) atoms. The number of nitrogens with two attached hydrogens (primary N) is 1. The summed E-state index contributed by atoms with van der Waals surface area (Å²) in [5, 5.41) is 6.70. The lowest BCUT2D eigenvalue weighted by Crippen LogP contribution is -2.16. The predicted molar refractivity (Wildman–Crippen MR) is 76.6 cm³/mol. The lowest BCUT2D eigenvalue weighted by atomic mass is 10.1. The first-order valence-electron chi connectivity index (χ1n) is 6.17. The number of nitrogens with one attached hydrogen (secondary N) is 1. The zero-order valence-corrected chi connectivity index (χ0v) is 11.5. The van der Waals surface area contributed by atoms with Crippen molar-refractivity contribution in [3.63, 3.8) is 0 Å². The van der Waals surface area contributed by atoms with Crippen LogP contribution >= 0.6 is 11.3 Å². The van der Waals surface area contributed by atoms with Crippen LogP contribution < -0.4 is 11.1 Å². The molecule has 96 valence electrons. The molecular formula is C14H19N3S. The van der Waals surface area contributed by atoms with Crippen LogP contribution in [0.1, 0.15) is 21.8 Å². The fourth-order valence-corrected chi connectivity index (χ4v) is 2.41. The highest BCUT2D eigenvalue weighted by molar-refractivity contribution is 7.09. The number of hydrogen-bond donors (Lipinski definition) is 2. The second-order valence-corrected chi connectivity index (χ2v) is 5.37. The van der Waals surface area contributed by atoms with Gasteiger partial charge in [-0.3, -0.25) is 0 Å². The second kappa shape index (κ2) is 6.64. The van der Waals surface area contributed by atoms with Gasteiger partial charge in [-0.25, -0.2) is 4.98 Å². The molecule has 1 aromatic heterocycles. The minimum absolute atomic E-state index is 0.608. The molecule has 0 saturated heterocycles. The smallest absolute Gasteiger partial charge is 0.0897 e. The van der Waals surface area contributed by atoms with E-state index in [4.69, 9.17) is 5.73 Å². The van der Waals surface area contributed by atoms with E-state index in [-0.39, 0.29) is 0 Å². The van der Waals surface area contributed by atoms with E-state index < -0.39 is 0 Å². The number of rotatable bonds is 6. The van der Waals surface area contributed by atoms with E-state index in [1.165, 1.54) is 16.8 Å². The summed E-state index contributed by atoms with van der Waals surface area (Å²) in [4.78, 5) is 4.44. The highest BCUT2D eigenvalue weighted by atomic mass is 32.1. The molecular weight excluding hydrogens is 242 g/mol. The Morgan fingerprint density at radius 3 is 2.56 bits per heavy atom. The van der Waals surface area contributed by atoms with E-state index in [1.807, 2.05) is 6.92 Å². The Kier molecular flexibility index (Phi) is 4.87. The van der Waals surface area contributed by atoms with Crippen LogP contribution in [0.2, 0.25) is 0 Å². The molecule has 0 atom stereocenters. The average molecular weight is 261 g/mol. The fraction of sp³-hybridized carbons (Fsp3) is 0.357. The van der Waals surface area contributed by atoms with E-state index in [0.717, 1.165) is 24.5 Å². The molecule has 0 aliphatic heterocycles. The Balaban J connectivity index is 1.71. The molecule has 0 fully saturated rings. The fourth-order valence-electron chi connectivity index (χ4n) is 1.77. The Hall–Kier alpha value is -1.23. The zero-order chi connectivity index (χ0) is 12.8. The summed E-state index contributed by atoms with van der Waals surface area (Å²) < 4.78 is 0. The largest absolute Gasteiger partial charge is 0.326 e. The summed E-state index contributed by atoms with van der Waals surface area (Å²) in [6, 6.07) is 8.42. The maximum Gasteiger partial charge on any atom is 0.0897 e. The molecule has 0 amide bonds. The molecule has 0 saturated carbocycles. The van der Waals surface area contributed by atoms with E-state index in [0.29, 0.717) is 6.54 Å². The van der Waals surface area contributed by atoms with Crippen LogP contribution in [0.5, 0.6) is 0 Å². The summed E-state index contributed by atoms with van der Waals surface area (Å²) in [5.74, 6) is 0. The standard InChI is InChI=1S/C14H19N3S/c1-11-17-14(10-18-11)6-7-16-9-13-4-2-12(8-15)3-5-13/h2-5,10,16H,6-9,15H2,1H3. The van der Waals surface area contributed by atoms with Crippen molar-refractivity contribution < 1.29 is 0 Å². The number of thiazole rings is 1. The normalized spacial score (nSPS) is 10.8. The maximum absolute atomic E-state index is 5.57. The monoisotopic (exact) mass is 261 g/mol. The van der Waals surface area contributed by atoms with Crippen LogP contribution in [0.25, 0.3) is 0 Å². The molecule has 3 N–H and O–H groups in total. The van der Waals surface area contributed by atoms with Crippen LogP contribution in [-0.4, -0.2) is 11.5 Å². The first kappa shape index (κ1) is 13.2. The molecule has 1 aromatic carbocycles. The molecule has 0 bridgehead atoms. The van der Waals surface area contributed by atoms with Crippen molar-refractivity contribution in [2.45, 2.75) is 26.4 Å². The Bertz CT molecular complexity index is 476. The molecule has 0 aliphatic rings. The molecule has 1 heterocycles. The molecule has 4 heteroatoms.